The van der Waals surface area contributed by atoms with Crippen LogP contribution in [-0.4, -0.2) is 21.9 Å². The first-order valence-electron chi connectivity index (χ1n) is 4.98. The average Bonchev–Trinajstić information content (AvgIpc) is 2.81. The van der Waals surface area contributed by atoms with Crippen molar-refractivity contribution in [2.75, 3.05) is 13.1 Å². The molecule has 1 atom stereocenters. The Bertz CT molecular complexity index is 382. The lowest BCUT2D eigenvalue weighted by atomic mass is 10.2. The van der Waals surface area contributed by atoms with Crippen LogP contribution in [-0.2, 0) is 11.4 Å². The highest BCUT2D eigenvalue weighted by molar-refractivity contribution is 7.89. The first kappa shape index (κ1) is 10.5. The van der Waals surface area contributed by atoms with Crippen molar-refractivity contribution in [2.24, 2.45) is 0 Å². The Morgan fingerprint density at radius 2 is 2.07 bits per heavy atom. The zero-order valence-electron chi connectivity index (χ0n) is 8.35. The number of rotatable bonds is 2. The van der Waals surface area contributed by atoms with Gasteiger partial charge in [-0.3, -0.25) is 0 Å². The SMILES string of the molecule is N#Cc1cccc([S@+]([O-])N2CCCC2)c1. The molecule has 0 saturated carbocycles. The summed E-state index contributed by atoms with van der Waals surface area (Å²) in [6.45, 7) is 1.78. The van der Waals surface area contributed by atoms with E-state index in [-0.39, 0.29) is 0 Å². The van der Waals surface area contributed by atoms with Crippen molar-refractivity contribution in [3.63, 3.8) is 0 Å². The Morgan fingerprint density at radius 1 is 1.33 bits per heavy atom. The van der Waals surface area contributed by atoms with Crippen LogP contribution < -0.4 is 0 Å². The van der Waals surface area contributed by atoms with Gasteiger partial charge in [0.05, 0.1) is 23.0 Å². The number of benzene rings is 1. The lowest BCUT2D eigenvalue weighted by Crippen LogP contribution is -2.27. The molecule has 78 valence electrons. The van der Waals surface area contributed by atoms with Gasteiger partial charge < -0.3 is 4.55 Å². The second-order valence-corrected chi connectivity index (χ2v) is 5.01. The molecule has 0 aliphatic carbocycles. The third-order valence-corrected chi connectivity index (χ3v) is 3.96. The van der Waals surface area contributed by atoms with Crippen molar-refractivity contribution in [3.05, 3.63) is 29.8 Å². The van der Waals surface area contributed by atoms with Crippen molar-refractivity contribution in [3.8, 4) is 6.07 Å². The van der Waals surface area contributed by atoms with Gasteiger partial charge in [0.2, 0.25) is 0 Å². The van der Waals surface area contributed by atoms with E-state index in [9.17, 15) is 4.55 Å². The third-order valence-electron chi connectivity index (χ3n) is 2.46. The minimum Gasteiger partial charge on any atom is -0.593 e. The second kappa shape index (κ2) is 4.67. The molecular weight excluding hydrogens is 208 g/mol. The van der Waals surface area contributed by atoms with Crippen LogP contribution in [0.2, 0.25) is 0 Å². The maximum atomic E-state index is 12.0. The van der Waals surface area contributed by atoms with Gasteiger partial charge in [-0.05, 0) is 25.0 Å². The number of hydrogen-bond acceptors (Lipinski definition) is 3. The van der Waals surface area contributed by atoms with Crippen molar-refractivity contribution in [1.82, 2.24) is 4.31 Å². The van der Waals surface area contributed by atoms with Crippen molar-refractivity contribution < 1.29 is 4.55 Å². The highest BCUT2D eigenvalue weighted by atomic mass is 32.2. The van der Waals surface area contributed by atoms with Crippen LogP contribution in [0, 0.1) is 11.3 Å². The van der Waals surface area contributed by atoms with Gasteiger partial charge in [0.1, 0.15) is 0 Å². The van der Waals surface area contributed by atoms with E-state index >= 15 is 0 Å². The largest absolute Gasteiger partial charge is 0.593 e. The lowest BCUT2D eigenvalue weighted by molar-refractivity contribution is 0.477. The van der Waals surface area contributed by atoms with Crippen LogP contribution in [0.4, 0.5) is 0 Å². The Kier molecular flexibility index (Phi) is 3.27. The fraction of sp³-hybridized carbons (Fsp3) is 0.364. The fourth-order valence-corrected chi connectivity index (χ4v) is 2.99. The summed E-state index contributed by atoms with van der Waals surface area (Å²) in [6, 6.07) is 9.08. The summed E-state index contributed by atoms with van der Waals surface area (Å²) >= 11 is -1.09. The van der Waals surface area contributed by atoms with Gasteiger partial charge >= 0.3 is 0 Å². The van der Waals surface area contributed by atoms with Crippen LogP contribution in [0.15, 0.2) is 29.2 Å². The molecule has 0 unspecified atom stereocenters. The molecule has 0 N–H and O–H groups in total. The van der Waals surface area contributed by atoms with Gasteiger partial charge in [-0.1, -0.05) is 6.07 Å². The quantitative estimate of drug-likeness (QED) is 0.712. The monoisotopic (exact) mass is 220 g/mol. The van der Waals surface area contributed by atoms with Gasteiger partial charge in [0, 0.05) is 19.2 Å². The first-order chi connectivity index (χ1) is 7.31. The first-order valence-corrected chi connectivity index (χ1v) is 6.09. The molecular formula is C11H12N2OS. The smallest absolute Gasteiger partial charge is 0.175 e. The molecule has 1 heterocycles. The van der Waals surface area contributed by atoms with E-state index in [4.69, 9.17) is 5.26 Å². The summed E-state index contributed by atoms with van der Waals surface area (Å²) < 4.78 is 14.0. The summed E-state index contributed by atoms with van der Waals surface area (Å²) in [6.07, 6.45) is 2.23. The average molecular weight is 220 g/mol. The molecule has 1 aliphatic heterocycles. The summed E-state index contributed by atoms with van der Waals surface area (Å²) in [7, 11) is 0. The fourth-order valence-electron chi connectivity index (χ4n) is 1.68. The molecule has 2 rings (SSSR count). The van der Waals surface area contributed by atoms with Gasteiger partial charge in [-0.25, -0.2) is 0 Å². The molecule has 0 radical (unpaired) electrons. The molecule has 1 saturated heterocycles. The molecule has 3 nitrogen and oxygen atoms in total. The van der Waals surface area contributed by atoms with Gasteiger partial charge in [0.25, 0.3) is 0 Å². The molecule has 1 aromatic carbocycles. The lowest BCUT2D eigenvalue weighted by Gasteiger charge is -2.18. The molecule has 0 spiro atoms. The Hall–Kier alpha value is -1.02. The van der Waals surface area contributed by atoms with E-state index in [2.05, 4.69) is 6.07 Å². The number of hydrogen-bond donors (Lipinski definition) is 0. The summed E-state index contributed by atoms with van der Waals surface area (Å²) in [5.41, 5.74) is 0.569. The van der Waals surface area contributed by atoms with Gasteiger partial charge in [0.15, 0.2) is 4.90 Å². The topological polar surface area (TPSA) is 50.1 Å². The predicted molar refractivity (Wildman–Crippen MR) is 58.4 cm³/mol. The maximum Gasteiger partial charge on any atom is 0.175 e. The van der Waals surface area contributed by atoms with Crippen LogP contribution in [0.25, 0.3) is 0 Å². The zero-order valence-corrected chi connectivity index (χ0v) is 9.17. The molecule has 4 heteroatoms. The van der Waals surface area contributed by atoms with Crippen LogP contribution in [0.3, 0.4) is 0 Å². The normalized spacial score (nSPS) is 18.7. The van der Waals surface area contributed by atoms with Gasteiger partial charge in [-0.2, -0.15) is 5.26 Å². The van der Waals surface area contributed by atoms with Crippen molar-refractivity contribution >= 4 is 11.4 Å². The molecule has 0 aromatic heterocycles. The standard InChI is InChI=1S/C11H12N2OS/c12-9-10-4-3-5-11(8-10)15(14)13-6-1-2-7-13/h3-5,8H,1-2,6-7H2/t15-/m0/s1. The van der Waals surface area contributed by atoms with Gasteiger partial charge in [-0.15, -0.1) is 4.31 Å². The number of nitrogens with zero attached hydrogens (tertiary/aromatic N) is 2. The summed E-state index contributed by atoms with van der Waals surface area (Å²) in [5, 5.41) is 8.75. The summed E-state index contributed by atoms with van der Waals surface area (Å²) in [4.78, 5) is 0.732. The Morgan fingerprint density at radius 3 is 2.73 bits per heavy atom. The highest BCUT2D eigenvalue weighted by Gasteiger charge is 2.25. The molecule has 0 amide bonds. The van der Waals surface area contributed by atoms with Crippen LogP contribution in [0.5, 0.6) is 0 Å². The van der Waals surface area contributed by atoms with Crippen molar-refractivity contribution in [2.45, 2.75) is 17.7 Å². The summed E-state index contributed by atoms with van der Waals surface area (Å²) in [5.74, 6) is 0. The van der Waals surface area contributed by atoms with E-state index in [0.29, 0.717) is 5.56 Å². The van der Waals surface area contributed by atoms with E-state index in [1.807, 2.05) is 10.4 Å². The second-order valence-electron chi connectivity index (χ2n) is 3.52. The Balaban J connectivity index is 2.17. The van der Waals surface area contributed by atoms with E-state index in [0.717, 1.165) is 30.8 Å². The highest BCUT2D eigenvalue weighted by Crippen LogP contribution is 2.21. The predicted octanol–water partition coefficient (Wildman–Crippen LogP) is 1.68. The van der Waals surface area contributed by atoms with E-state index in [1.54, 1.807) is 18.2 Å². The molecule has 1 aliphatic rings. The minimum absolute atomic E-state index is 0.569. The minimum atomic E-state index is -1.09. The molecule has 15 heavy (non-hydrogen) atoms. The van der Waals surface area contributed by atoms with Crippen LogP contribution >= 0.6 is 0 Å². The van der Waals surface area contributed by atoms with Crippen molar-refractivity contribution in [1.29, 1.82) is 5.26 Å². The molecule has 0 bridgehead atoms. The number of nitriles is 1. The molecule has 1 aromatic rings. The maximum absolute atomic E-state index is 12.0. The van der Waals surface area contributed by atoms with E-state index < -0.39 is 11.4 Å². The molecule has 1 fully saturated rings. The van der Waals surface area contributed by atoms with Crippen LogP contribution in [0.1, 0.15) is 18.4 Å². The Labute approximate surface area is 92.6 Å². The van der Waals surface area contributed by atoms with E-state index in [1.165, 1.54) is 0 Å². The third kappa shape index (κ3) is 2.32. The zero-order chi connectivity index (χ0) is 10.7.